The van der Waals surface area contributed by atoms with Gasteiger partial charge in [-0.05, 0) is 74.1 Å². The molecule has 9 heteroatoms. The fraction of sp³-hybridized carbons (Fsp3) is 0.880. The Balaban J connectivity index is 2.29. The van der Waals surface area contributed by atoms with Crippen LogP contribution in [0, 0.1) is 0 Å². The second-order valence-corrected chi connectivity index (χ2v) is 11.3. The molecule has 0 spiro atoms. The molecule has 2 rings (SSSR count). The van der Waals surface area contributed by atoms with E-state index in [4.69, 9.17) is 18.9 Å². The van der Waals surface area contributed by atoms with E-state index in [1.54, 1.807) is 48.5 Å². The van der Waals surface area contributed by atoms with Crippen LogP contribution < -0.4 is 0 Å². The number of hydrogen-bond donors (Lipinski definition) is 1. The van der Waals surface area contributed by atoms with Crippen LogP contribution in [0.5, 0.6) is 0 Å². The highest BCUT2D eigenvalue weighted by atomic mass is 16.6. The summed E-state index contributed by atoms with van der Waals surface area (Å²) >= 11 is 0. The van der Waals surface area contributed by atoms with Crippen LogP contribution >= 0.6 is 0 Å². The summed E-state index contributed by atoms with van der Waals surface area (Å²) in [5.41, 5.74) is -1.76. The Morgan fingerprint density at radius 2 is 1.35 bits per heavy atom. The molecule has 9 nitrogen and oxygen atoms in total. The summed E-state index contributed by atoms with van der Waals surface area (Å²) in [6, 6.07) is -1.21. The second-order valence-electron chi connectivity index (χ2n) is 11.3. The molecule has 2 amide bonds. The first-order valence-electron chi connectivity index (χ1n) is 12.5. The molecule has 1 aliphatic heterocycles. The Hall–Kier alpha value is -1.87. The van der Waals surface area contributed by atoms with E-state index in [1.165, 1.54) is 0 Å². The zero-order chi connectivity index (χ0) is 25.7. The molecule has 0 aromatic heterocycles. The Morgan fingerprint density at radius 1 is 0.882 bits per heavy atom. The molecule has 1 N–H and O–H groups in total. The molecule has 0 aromatic rings. The summed E-state index contributed by atoms with van der Waals surface area (Å²) in [4.78, 5) is 40.1. The van der Waals surface area contributed by atoms with Gasteiger partial charge in [-0.1, -0.05) is 25.7 Å². The van der Waals surface area contributed by atoms with Gasteiger partial charge in [0.05, 0.1) is 12.2 Å². The molecule has 2 fully saturated rings. The average molecular weight is 486 g/mol. The molecule has 1 saturated carbocycles. The fourth-order valence-corrected chi connectivity index (χ4v) is 4.25. The third-order valence-electron chi connectivity index (χ3n) is 5.79. The van der Waals surface area contributed by atoms with Gasteiger partial charge in [-0.2, -0.15) is 4.90 Å². The van der Waals surface area contributed by atoms with Gasteiger partial charge < -0.3 is 24.1 Å². The summed E-state index contributed by atoms with van der Waals surface area (Å²) in [5.74, 6) is -0.752. The van der Waals surface area contributed by atoms with Crippen molar-refractivity contribution in [3.05, 3.63) is 0 Å². The molecule has 4 atom stereocenters. The normalized spacial score (nSPS) is 27.6. The number of carbonyl (C=O) groups is 3. The van der Waals surface area contributed by atoms with Crippen LogP contribution in [0.3, 0.4) is 0 Å². The van der Waals surface area contributed by atoms with E-state index in [-0.39, 0.29) is 12.5 Å². The lowest BCUT2D eigenvalue weighted by molar-refractivity contribution is -0.176. The van der Waals surface area contributed by atoms with Gasteiger partial charge in [0.15, 0.2) is 0 Å². The highest BCUT2D eigenvalue weighted by molar-refractivity contribution is 5.94. The maximum absolute atomic E-state index is 13.3. The Kier molecular flexibility index (Phi) is 9.77. The maximum atomic E-state index is 13.3. The summed E-state index contributed by atoms with van der Waals surface area (Å²) in [5, 5.41) is 10.7. The molecule has 0 bridgehead atoms. The van der Waals surface area contributed by atoms with Crippen molar-refractivity contribution in [3.63, 3.8) is 0 Å². The van der Waals surface area contributed by atoms with E-state index in [2.05, 4.69) is 0 Å². The zero-order valence-corrected chi connectivity index (χ0v) is 21.8. The number of aliphatic hydroxyl groups excluding tert-OH is 1. The first kappa shape index (κ1) is 28.4. The first-order valence-corrected chi connectivity index (χ1v) is 12.5. The van der Waals surface area contributed by atoms with Gasteiger partial charge in [-0.25, -0.2) is 14.4 Å². The molecular formula is C25H43NO8. The minimum absolute atomic E-state index is 0.0274. The van der Waals surface area contributed by atoms with Crippen molar-refractivity contribution in [2.24, 2.45) is 0 Å². The number of cyclic esters (lactones) is 1. The fourth-order valence-electron chi connectivity index (χ4n) is 4.25. The van der Waals surface area contributed by atoms with Gasteiger partial charge >= 0.3 is 18.2 Å². The Morgan fingerprint density at radius 3 is 1.85 bits per heavy atom. The minimum Gasteiger partial charge on any atom is -0.458 e. The monoisotopic (exact) mass is 485 g/mol. The van der Waals surface area contributed by atoms with Gasteiger partial charge in [0.25, 0.3) is 0 Å². The summed E-state index contributed by atoms with van der Waals surface area (Å²) < 4.78 is 22.7. The number of ether oxygens (including phenoxy) is 4. The molecule has 0 unspecified atom stereocenters. The highest BCUT2D eigenvalue weighted by Crippen LogP contribution is 2.28. The summed E-state index contributed by atoms with van der Waals surface area (Å²) in [6.07, 6.45) is 1.58. The summed E-state index contributed by atoms with van der Waals surface area (Å²) in [6.45, 7) is 11.7. The lowest BCUT2D eigenvalue weighted by atomic mass is 9.98. The van der Waals surface area contributed by atoms with Gasteiger partial charge in [0.1, 0.15) is 29.5 Å². The van der Waals surface area contributed by atoms with E-state index in [9.17, 15) is 19.5 Å². The number of imide groups is 1. The maximum Gasteiger partial charge on any atom is 0.420 e. The first-order chi connectivity index (χ1) is 15.7. The summed E-state index contributed by atoms with van der Waals surface area (Å²) in [7, 11) is 0. The van der Waals surface area contributed by atoms with Crippen LogP contribution in [0.2, 0.25) is 0 Å². The van der Waals surface area contributed by atoms with Crippen LogP contribution in [0.1, 0.15) is 99.8 Å². The van der Waals surface area contributed by atoms with Crippen molar-refractivity contribution in [3.8, 4) is 0 Å². The number of hydrogen-bond acceptors (Lipinski definition) is 8. The van der Waals surface area contributed by atoms with Crippen molar-refractivity contribution < 1.29 is 38.4 Å². The molecule has 1 heterocycles. The number of aliphatic hydroxyl groups is 1. The average Bonchev–Trinajstić information content (AvgIpc) is 3.17. The predicted octanol–water partition coefficient (Wildman–Crippen LogP) is 4.72. The van der Waals surface area contributed by atoms with Crippen LogP contribution in [0.4, 0.5) is 9.59 Å². The molecule has 34 heavy (non-hydrogen) atoms. The quantitative estimate of drug-likeness (QED) is 0.451. The lowest BCUT2D eigenvalue weighted by Crippen LogP contribution is -2.54. The van der Waals surface area contributed by atoms with Crippen LogP contribution in [0.15, 0.2) is 0 Å². The smallest absolute Gasteiger partial charge is 0.420 e. The van der Waals surface area contributed by atoms with E-state index in [0.29, 0.717) is 19.3 Å². The van der Waals surface area contributed by atoms with Crippen LogP contribution in [-0.2, 0) is 23.7 Å². The van der Waals surface area contributed by atoms with E-state index in [1.807, 2.05) is 0 Å². The molecule has 0 radical (unpaired) electrons. The van der Waals surface area contributed by atoms with Gasteiger partial charge in [-0.15, -0.1) is 0 Å². The van der Waals surface area contributed by atoms with Gasteiger partial charge in [0.2, 0.25) is 0 Å². The van der Waals surface area contributed by atoms with Crippen molar-refractivity contribution >= 4 is 18.2 Å². The highest BCUT2D eigenvalue weighted by Gasteiger charge is 2.43. The third-order valence-corrected chi connectivity index (χ3v) is 5.79. The Bertz CT molecular complexity index is 677. The van der Waals surface area contributed by atoms with E-state index in [0.717, 1.165) is 30.6 Å². The molecular weight excluding hydrogens is 442 g/mol. The zero-order valence-electron chi connectivity index (χ0n) is 21.8. The second kappa shape index (κ2) is 11.7. The molecule has 2 aliphatic rings. The Labute approximate surface area is 203 Å². The topological polar surface area (TPSA) is 112 Å². The third kappa shape index (κ3) is 8.73. The van der Waals surface area contributed by atoms with Gasteiger partial charge in [-0.3, -0.25) is 0 Å². The number of rotatable bonds is 3. The van der Waals surface area contributed by atoms with Crippen LogP contribution in [0.25, 0.3) is 0 Å². The van der Waals surface area contributed by atoms with Crippen LogP contribution in [-0.4, -0.2) is 69.8 Å². The lowest BCUT2D eigenvalue weighted by Gasteiger charge is -2.35. The van der Waals surface area contributed by atoms with E-state index < -0.39 is 53.7 Å². The molecule has 0 aromatic carbocycles. The van der Waals surface area contributed by atoms with Crippen molar-refractivity contribution in [2.75, 3.05) is 0 Å². The number of carbonyl (C=O) groups excluding carboxylic acids is 3. The largest absolute Gasteiger partial charge is 0.458 e. The number of esters is 1. The number of amides is 2. The van der Waals surface area contributed by atoms with Crippen molar-refractivity contribution in [1.82, 2.24) is 4.90 Å². The molecule has 196 valence electrons. The SMILES string of the molecule is C[C@@H]1OC(=O)[C@@H](N(C(=O)OC(C)(C)C)C(=O)OC(C)(C)C)CCCC[C@H](O)[C@H]1OC1CCCC1. The number of nitrogens with zero attached hydrogens (tertiary/aromatic N) is 1. The molecule has 1 aliphatic carbocycles. The van der Waals surface area contributed by atoms with Crippen molar-refractivity contribution in [2.45, 2.75) is 141 Å². The minimum atomic E-state index is -1.21. The van der Waals surface area contributed by atoms with Crippen molar-refractivity contribution in [1.29, 1.82) is 0 Å². The predicted molar refractivity (Wildman–Crippen MR) is 125 cm³/mol. The standard InChI is InChI=1S/C25H43NO8/c1-16-20(32-17-12-8-9-13-17)19(27)15-11-10-14-18(21(28)31-16)26(22(29)33-24(2,3)4)23(30)34-25(5,6)7/h16-20,27H,8-15H2,1-7H3/t16-,18-,19-,20-/m0/s1. The van der Waals surface area contributed by atoms with Gasteiger partial charge in [0, 0.05) is 0 Å². The van der Waals surface area contributed by atoms with E-state index >= 15 is 0 Å². The molecule has 1 saturated heterocycles.